The number of aromatic nitrogens is 6. The van der Waals surface area contributed by atoms with Crippen molar-refractivity contribution in [1.82, 2.24) is 29.5 Å². The van der Waals surface area contributed by atoms with E-state index in [2.05, 4.69) is 20.2 Å². The van der Waals surface area contributed by atoms with E-state index in [0.29, 0.717) is 28.2 Å². The van der Waals surface area contributed by atoms with Crippen LogP contribution in [0.5, 0.6) is 5.75 Å². The standard InChI is InChI=1S/C19H21N7O4S/c1-12-22-19(25(3)23-12)15-7-6-14(10-20-15)31(28,29)26(11-27)18-16(30-4)8-5-13-9-21-24(2)17(13)18/h5-10,27H,11H2,1-4H3. The maximum Gasteiger partial charge on any atom is 0.267 e. The summed E-state index contributed by atoms with van der Waals surface area (Å²) in [5, 5.41) is 19.1. The largest absolute Gasteiger partial charge is 0.494 e. The fourth-order valence-corrected chi connectivity index (χ4v) is 4.68. The van der Waals surface area contributed by atoms with Gasteiger partial charge in [0.25, 0.3) is 10.0 Å². The van der Waals surface area contributed by atoms with Crippen molar-refractivity contribution in [3.8, 4) is 17.3 Å². The van der Waals surface area contributed by atoms with Gasteiger partial charge in [-0.2, -0.15) is 10.2 Å². The van der Waals surface area contributed by atoms with E-state index in [1.165, 1.54) is 24.1 Å². The second kappa shape index (κ2) is 7.63. The molecular weight excluding hydrogens is 422 g/mol. The first-order valence-electron chi connectivity index (χ1n) is 9.24. The molecule has 0 saturated heterocycles. The molecule has 1 N–H and O–H groups in total. The molecule has 11 nitrogen and oxygen atoms in total. The van der Waals surface area contributed by atoms with Crippen molar-refractivity contribution in [2.24, 2.45) is 14.1 Å². The number of hydrogen-bond donors (Lipinski definition) is 1. The van der Waals surface area contributed by atoms with Crippen molar-refractivity contribution in [1.29, 1.82) is 0 Å². The number of ether oxygens (including phenoxy) is 1. The Morgan fingerprint density at radius 3 is 2.48 bits per heavy atom. The van der Waals surface area contributed by atoms with Gasteiger partial charge in [0.1, 0.15) is 34.6 Å². The lowest BCUT2D eigenvalue weighted by molar-refractivity contribution is 0.307. The summed E-state index contributed by atoms with van der Waals surface area (Å²) in [5.74, 6) is 1.38. The molecule has 0 saturated carbocycles. The third kappa shape index (κ3) is 3.39. The van der Waals surface area contributed by atoms with Crippen molar-refractivity contribution in [2.75, 3.05) is 18.1 Å². The van der Waals surface area contributed by atoms with Crippen molar-refractivity contribution in [3.63, 3.8) is 0 Å². The van der Waals surface area contributed by atoms with Crippen LogP contribution < -0.4 is 9.04 Å². The molecule has 0 radical (unpaired) electrons. The highest BCUT2D eigenvalue weighted by atomic mass is 32.2. The van der Waals surface area contributed by atoms with Gasteiger partial charge in [-0.3, -0.25) is 9.67 Å². The fraction of sp³-hybridized carbons (Fsp3) is 0.263. The van der Waals surface area contributed by atoms with E-state index in [9.17, 15) is 13.5 Å². The SMILES string of the molecule is COc1ccc2cnn(C)c2c1N(CO)S(=O)(=O)c1ccc(-c2nc(C)nn2C)nc1. The van der Waals surface area contributed by atoms with Gasteiger partial charge >= 0.3 is 0 Å². The maximum absolute atomic E-state index is 13.4. The molecule has 4 aromatic rings. The highest BCUT2D eigenvalue weighted by Gasteiger charge is 2.30. The van der Waals surface area contributed by atoms with Crippen LogP contribution in [0.25, 0.3) is 22.4 Å². The number of anilines is 1. The molecule has 0 bridgehead atoms. The van der Waals surface area contributed by atoms with Gasteiger partial charge in [0, 0.05) is 25.7 Å². The Balaban J connectivity index is 1.82. The summed E-state index contributed by atoms with van der Waals surface area (Å²) in [6.07, 6.45) is 2.84. The predicted molar refractivity (Wildman–Crippen MR) is 113 cm³/mol. The van der Waals surface area contributed by atoms with E-state index < -0.39 is 16.8 Å². The van der Waals surface area contributed by atoms with E-state index in [0.717, 1.165) is 4.31 Å². The number of pyridine rings is 1. The van der Waals surface area contributed by atoms with E-state index in [-0.39, 0.29) is 16.3 Å². The van der Waals surface area contributed by atoms with Crippen molar-refractivity contribution < 1.29 is 18.3 Å². The van der Waals surface area contributed by atoms with E-state index in [4.69, 9.17) is 4.74 Å². The second-order valence-electron chi connectivity index (χ2n) is 6.80. The van der Waals surface area contributed by atoms with Crippen LogP contribution in [-0.2, 0) is 24.1 Å². The Morgan fingerprint density at radius 2 is 1.90 bits per heavy atom. The van der Waals surface area contributed by atoms with Gasteiger partial charge in [-0.15, -0.1) is 0 Å². The third-order valence-electron chi connectivity index (χ3n) is 4.86. The van der Waals surface area contributed by atoms with E-state index in [1.807, 2.05) is 0 Å². The number of sulfonamides is 1. The lowest BCUT2D eigenvalue weighted by Crippen LogP contribution is -2.32. The molecule has 0 fully saturated rings. The summed E-state index contributed by atoms with van der Waals surface area (Å²) in [6, 6.07) is 6.37. The molecule has 4 rings (SSSR count). The molecule has 12 heteroatoms. The number of methoxy groups -OCH3 is 1. The zero-order chi connectivity index (χ0) is 22.3. The van der Waals surface area contributed by atoms with Crippen LogP contribution in [0, 0.1) is 6.92 Å². The smallest absolute Gasteiger partial charge is 0.267 e. The summed E-state index contributed by atoms with van der Waals surface area (Å²) in [7, 11) is 0.682. The maximum atomic E-state index is 13.4. The topological polar surface area (TPSA) is 128 Å². The monoisotopic (exact) mass is 443 g/mol. The molecule has 3 heterocycles. The van der Waals surface area contributed by atoms with Crippen molar-refractivity contribution in [2.45, 2.75) is 11.8 Å². The van der Waals surface area contributed by atoms with Gasteiger partial charge in [-0.25, -0.2) is 22.4 Å². The molecule has 0 aliphatic heterocycles. The Kier molecular flexibility index (Phi) is 5.11. The predicted octanol–water partition coefficient (Wildman–Crippen LogP) is 1.23. The quantitative estimate of drug-likeness (QED) is 0.441. The minimum Gasteiger partial charge on any atom is -0.494 e. The van der Waals surface area contributed by atoms with E-state index >= 15 is 0 Å². The van der Waals surface area contributed by atoms with Gasteiger partial charge in [0.15, 0.2) is 5.82 Å². The second-order valence-corrected chi connectivity index (χ2v) is 8.67. The van der Waals surface area contributed by atoms with Crippen LogP contribution in [0.2, 0.25) is 0 Å². The summed E-state index contributed by atoms with van der Waals surface area (Å²) in [4.78, 5) is 8.46. The minimum atomic E-state index is -4.17. The van der Waals surface area contributed by atoms with Gasteiger partial charge in [0.05, 0.1) is 18.8 Å². The van der Waals surface area contributed by atoms with Crippen molar-refractivity contribution in [3.05, 3.63) is 42.5 Å². The molecule has 0 amide bonds. The number of benzene rings is 1. The van der Waals surface area contributed by atoms with Gasteiger partial charge in [-0.1, -0.05) is 0 Å². The molecule has 3 aromatic heterocycles. The highest BCUT2D eigenvalue weighted by Crippen LogP contribution is 2.38. The van der Waals surface area contributed by atoms with Crippen LogP contribution >= 0.6 is 0 Å². The Bertz CT molecular complexity index is 1360. The van der Waals surface area contributed by atoms with Gasteiger partial charge in [0.2, 0.25) is 0 Å². The summed E-state index contributed by atoms with van der Waals surface area (Å²) in [5.41, 5.74) is 1.18. The third-order valence-corrected chi connectivity index (χ3v) is 6.57. The first kappa shape index (κ1) is 20.8. The molecule has 31 heavy (non-hydrogen) atoms. The van der Waals surface area contributed by atoms with Gasteiger partial charge < -0.3 is 9.84 Å². The molecule has 0 spiro atoms. The Labute approximate surface area is 178 Å². The lowest BCUT2D eigenvalue weighted by atomic mass is 10.2. The Hall–Kier alpha value is -3.51. The van der Waals surface area contributed by atoms with Crippen LogP contribution in [-0.4, -0.2) is 56.9 Å². The number of aryl methyl sites for hydroxylation is 3. The average Bonchev–Trinajstić information content (AvgIpc) is 3.30. The summed E-state index contributed by atoms with van der Waals surface area (Å²) < 4.78 is 36.2. The number of fused-ring (bicyclic) bond motifs is 1. The van der Waals surface area contributed by atoms with Gasteiger partial charge in [-0.05, 0) is 31.2 Å². The summed E-state index contributed by atoms with van der Waals surface area (Å²) >= 11 is 0. The molecule has 0 atom stereocenters. The van der Waals surface area contributed by atoms with Crippen molar-refractivity contribution >= 4 is 26.6 Å². The average molecular weight is 443 g/mol. The number of aliphatic hydroxyl groups is 1. The van der Waals surface area contributed by atoms with Crippen LogP contribution in [0.1, 0.15) is 5.82 Å². The molecule has 0 aliphatic rings. The zero-order valence-electron chi connectivity index (χ0n) is 17.4. The molecular formula is C19H21N7O4S. The zero-order valence-corrected chi connectivity index (χ0v) is 18.2. The summed E-state index contributed by atoms with van der Waals surface area (Å²) in [6.45, 7) is 0.959. The first-order valence-corrected chi connectivity index (χ1v) is 10.7. The van der Waals surface area contributed by atoms with Crippen LogP contribution in [0.4, 0.5) is 5.69 Å². The van der Waals surface area contributed by atoms with Crippen LogP contribution in [0.15, 0.2) is 41.6 Å². The number of rotatable bonds is 6. The molecule has 0 unspecified atom stereocenters. The Morgan fingerprint density at radius 1 is 1.13 bits per heavy atom. The number of aliphatic hydroxyl groups excluding tert-OH is 1. The lowest BCUT2D eigenvalue weighted by Gasteiger charge is -2.24. The fourth-order valence-electron chi connectivity index (χ4n) is 3.43. The number of nitrogens with zero attached hydrogens (tertiary/aromatic N) is 7. The first-order chi connectivity index (χ1) is 14.8. The molecule has 1 aromatic carbocycles. The number of hydrogen-bond acceptors (Lipinski definition) is 8. The van der Waals surface area contributed by atoms with Crippen LogP contribution in [0.3, 0.4) is 0 Å². The van der Waals surface area contributed by atoms with E-state index in [1.54, 1.807) is 50.1 Å². The highest BCUT2D eigenvalue weighted by molar-refractivity contribution is 7.92. The minimum absolute atomic E-state index is 0.0922. The normalized spacial score (nSPS) is 11.8. The molecule has 0 aliphatic carbocycles. The molecule has 162 valence electrons.